The molecule has 2 N–H and O–H groups in total. The van der Waals surface area contributed by atoms with Gasteiger partial charge in [0.05, 0.1) is 11.4 Å². The third-order valence-electron chi connectivity index (χ3n) is 6.55. The van der Waals surface area contributed by atoms with Crippen LogP contribution in [-0.4, -0.2) is 49.3 Å². The van der Waals surface area contributed by atoms with Crippen LogP contribution in [0.2, 0.25) is 0 Å². The number of carbonyl (C=O) groups excluding carboxylic acids is 3. The van der Waals surface area contributed by atoms with Gasteiger partial charge in [-0.1, -0.05) is 24.3 Å². The van der Waals surface area contributed by atoms with E-state index in [0.29, 0.717) is 11.4 Å². The Bertz CT molecular complexity index is 997. The smallest absolute Gasteiger partial charge is 0.244 e. The van der Waals surface area contributed by atoms with E-state index in [4.69, 9.17) is 0 Å². The molecular weight excluding hydrogens is 416 g/mol. The van der Waals surface area contributed by atoms with Gasteiger partial charge in [0.15, 0.2) is 0 Å². The number of benzene rings is 2. The van der Waals surface area contributed by atoms with E-state index in [0.717, 1.165) is 18.0 Å². The van der Waals surface area contributed by atoms with Gasteiger partial charge in [-0.15, -0.1) is 0 Å². The second-order valence-electron chi connectivity index (χ2n) is 9.08. The van der Waals surface area contributed by atoms with Crippen molar-refractivity contribution in [2.24, 2.45) is 5.92 Å². The lowest BCUT2D eigenvalue weighted by Gasteiger charge is -2.29. The van der Waals surface area contributed by atoms with Gasteiger partial charge in [-0.2, -0.15) is 0 Å². The van der Waals surface area contributed by atoms with Gasteiger partial charge in [-0.25, -0.2) is 0 Å². The maximum atomic E-state index is 12.7. The highest BCUT2D eigenvalue weighted by Gasteiger charge is 2.26. The van der Waals surface area contributed by atoms with Crippen molar-refractivity contribution in [1.82, 2.24) is 4.90 Å². The molecule has 1 fully saturated rings. The van der Waals surface area contributed by atoms with Crippen molar-refractivity contribution in [3.05, 3.63) is 54.1 Å². The van der Waals surface area contributed by atoms with E-state index >= 15 is 0 Å². The number of anilines is 3. The maximum Gasteiger partial charge on any atom is 0.244 e. The summed E-state index contributed by atoms with van der Waals surface area (Å²) >= 11 is 0. The molecule has 174 valence electrons. The zero-order valence-corrected chi connectivity index (χ0v) is 19.2. The Hall–Kier alpha value is -3.19. The summed E-state index contributed by atoms with van der Waals surface area (Å²) in [5.41, 5.74) is 3.29. The predicted octanol–water partition coefficient (Wildman–Crippen LogP) is 3.67. The molecule has 0 radical (unpaired) electrons. The Kier molecular flexibility index (Phi) is 7.40. The molecule has 2 aliphatic heterocycles. The van der Waals surface area contributed by atoms with Crippen molar-refractivity contribution in [2.75, 3.05) is 42.2 Å². The predicted molar refractivity (Wildman–Crippen MR) is 130 cm³/mol. The van der Waals surface area contributed by atoms with Crippen LogP contribution in [0, 0.1) is 5.92 Å². The number of hydrogen-bond acceptors (Lipinski definition) is 4. The number of nitrogens with zero attached hydrogens (tertiary/aromatic N) is 2. The minimum absolute atomic E-state index is 0.0313. The van der Waals surface area contributed by atoms with Crippen LogP contribution in [0.3, 0.4) is 0 Å². The summed E-state index contributed by atoms with van der Waals surface area (Å²) in [5.74, 6) is 0.118. The van der Waals surface area contributed by atoms with Crippen LogP contribution in [0.5, 0.6) is 0 Å². The van der Waals surface area contributed by atoms with Crippen molar-refractivity contribution in [2.45, 2.75) is 38.5 Å². The molecule has 7 nitrogen and oxygen atoms in total. The van der Waals surface area contributed by atoms with Crippen LogP contribution in [0.25, 0.3) is 0 Å². The van der Waals surface area contributed by atoms with Gasteiger partial charge >= 0.3 is 0 Å². The number of piperidine rings is 1. The molecule has 2 aliphatic rings. The summed E-state index contributed by atoms with van der Waals surface area (Å²) in [7, 11) is 2.18. The Labute approximate surface area is 195 Å². The van der Waals surface area contributed by atoms with E-state index in [1.54, 1.807) is 18.2 Å². The summed E-state index contributed by atoms with van der Waals surface area (Å²) in [6.07, 6.45) is 4.93. The number of rotatable bonds is 7. The van der Waals surface area contributed by atoms with Gasteiger partial charge in [0.25, 0.3) is 0 Å². The standard InChI is InChI=1S/C26H32N4O3/c1-29-16-14-20(15-17-29)7-6-19-8-10-21(11-9-19)27-24(31)12-13-26(33)30-18-25(32)28-22-4-2-3-5-23(22)30/h2-5,8-11,20H,6-7,12-18H2,1H3,(H,27,31)(H,28,32). The fourth-order valence-electron chi connectivity index (χ4n) is 4.51. The minimum Gasteiger partial charge on any atom is -0.326 e. The molecule has 0 spiro atoms. The highest BCUT2D eigenvalue weighted by atomic mass is 16.2. The normalized spacial score (nSPS) is 16.8. The lowest BCUT2D eigenvalue weighted by Crippen LogP contribution is -2.42. The minimum atomic E-state index is -0.239. The molecule has 0 aromatic heterocycles. The molecule has 0 atom stereocenters. The van der Waals surface area contributed by atoms with Crippen LogP contribution in [0.4, 0.5) is 17.1 Å². The molecular formula is C26H32N4O3. The zero-order valence-electron chi connectivity index (χ0n) is 19.2. The number of aryl methyl sites for hydroxylation is 1. The summed E-state index contributed by atoms with van der Waals surface area (Å²) in [5, 5.41) is 5.63. The van der Waals surface area contributed by atoms with Crippen LogP contribution < -0.4 is 15.5 Å². The maximum absolute atomic E-state index is 12.7. The zero-order chi connectivity index (χ0) is 23.2. The van der Waals surface area contributed by atoms with E-state index < -0.39 is 0 Å². The number of amides is 3. The molecule has 1 saturated heterocycles. The van der Waals surface area contributed by atoms with E-state index in [2.05, 4.69) is 34.7 Å². The summed E-state index contributed by atoms with van der Waals surface area (Å²) in [6, 6.07) is 15.2. The van der Waals surface area contributed by atoms with Crippen LogP contribution in [-0.2, 0) is 20.8 Å². The van der Waals surface area contributed by atoms with Gasteiger partial charge in [0.2, 0.25) is 17.7 Å². The Morgan fingerprint density at radius 2 is 1.76 bits per heavy atom. The molecule has 2 aromatic rings. The number of likely N-dealkylation sites (tertiary alicyclic amines) is 1. The number of fused-ring (bicyclic) bond motifs is 1. The first-order chi connectivity index (χ1) is 16.0. The number of hydrogen-bond donors (Lipinski definition) is 2. The molecule has 0 aliphatic carbocycles. The fourth-order valence-corrected chi connectivity index (χ4v) is 4.51. The van der Waals surface area contributed by atoms with Crippen molar-refractivity contribution in [3.63, 3.8) is 0 Å². The average molecular weight is 449 g/mol. The molecule has 2 heterocycles. The number of nitrogens with one attached hydrogen (secondary N) is 2. The summed E-state index contributed by atoms with van der Waals surface area (Å²) < 4.78 is 0. The highest BCUT2D eigenvalue weighted by molar-refractivity contribution is 6.10. The van der Waals surface area contributed by atoms with Gasteiger partial charge in [0, 0.05) is 18.5 Å². The second-order valence-corrected chi connectivity index (χ2v) is 9.08. The molecule has 33 heavy (non-hydrogen) atoms. The SMILES string of the molecule is CN1CCC(CCc2ccc(NC(=O)CCC(=O)N3CC(=O)Nc4ccccc43)cc2)CC1. The molecule has 4 rings (SSSR count). The summed E-state index contributed by atoms with van der Waals surface area (Å²) in [4.78, 5) is 40.8. The molecule has 0 saturated carbocycles. The van der Waals surface area contributed by atoms with E-state index in [1.807, 2.05) is 18.2 Å². The Morgan fingerprint density at radius 1 is 1.03 bits per heavy atom. The summed E-state index contributed by atoms with van der Waals surface area (Å²) in [6.45, 7) is 2.35. The van der Waals surface area contributed by atoms with Crippen molar-refractivity contribution in [3.8, 4) is 0 Å². The lowest BCUT2D eigenvalue weighted by molar-refractivity contribution is -0.124. The third kappa shape index (κ3) is 6.20. The van der Waals surface area contributed by atoms with E-state index in [9.17, 15) is 14.4 Å². The molecule has 3 amide bonds. The monoisotopic (exact) mass is 448 g/mol. The first kappa shape index (κ1) is 23.0. The largest absolute Gasteiger partial charge is 0.326 e. The van der Waals surface area contributed by atoms with Crippen molar-refractivity contribution in [1.29, 1.82) is 0 Å². The number of carbonyl (C=O) groups is 3. The number of para-hydroxylation sites is 2. The molecule has 0 unspecified atom stereocenters. The van der Waals surface area contributed by atoms with Crippen molar-refractivity contribution >= 4 is 34.8 Å². The van der Waals surface area contributed by atoms with Gasteiger partial charge in [0.1, 0.15) is 6.54 Å². The van der Waals surface area contributed by atoms with E-state index in [1.165, 1.54) is 42.8 Å². The second kappa shape index (κ2) is 10.6. The van der Waals surface area contributed by atoms with Gasteiger partial charge < -0.3 is 20.4 Å². The first-order valence-corrected chi connectivity index (χ1v) is 11.7. The topological polar surface area (TPSA) is 81.8 Å². The quantitative estimate of drug-likeness (QED) is 0.677. The molecule has 2 aromatic carbocycles. The van der Waals surface area contributed by atoms with Gasteiger partial charge in [-0.3, -0.25) is 14.4 Å². The van der Waals surface area contributed by atoms with Crippen LogP contribution in [0.15, 0.2) is 48.5 Å². The van der Waals surface area contributed by atoms with E-state index in [-0.39, 0.29) is 37.1 Å². The third-order valence-corrected chi connectivity index (χ3v) is 6.55. The molecule has 7 heteroatoms. The Morgan fingerprint density at radius 3 is 2.52 bits per heavy atom. The van der Waals surface area contributed by atoms with Gasteiger partial charge in [-0.05, 0) is 81.6 Å². The molecule has 0 bridgehead atoms. The highest BCUT2D eigenvalue weighted by Crippen LogP contribution is 2.29. The Balaban J connectivity index is 1.23. The lowest BCUT2D eigenvalue weighted by atomic mass is 9.91. The fraction of sp³-hybridized carbons (Fsp3) is 0.423. The van der Waals surface area contributed by atoms with Crippen molar-refractivity contribution < 1.29 is 14.4 Å². The first-order valence-electron chi connectivity index (χ1n) is 11.7. The van der Waals surface area contributed by atoms with Crippen LogP contribution >= 0.6 is 0 Å². The van der Waals surface area contributed by atoms with Crippen LogP contribution in [0.1, 0.15) is 37.7 Å². The average Bonchev–Trinajstić information content (AvgIpc) is 2.82.